The Morgan fingerprint density at radius 1 is 1.37 bits per heavy atom. The Hall–Kier alpha value is -1.68. The molecule has 19 heavy (non-hydrogen) atoms. The van der Waals surface area contributed by atoms with Crippen molar-refractivity contribution in [2.24, 2.45) is 0 Å². The highest BCUT2D eigenvalue weighted by Crippen LogP contribution is 2.15. The van der Waals surface area contributed by atoms with Crippen LogP contribution in [-0.4, -0.2) is 17.4 Å². The lowest BCUT2D eigenvalue weighted by atomic mass is 10.1. The molecule has 0 radical (unpaired) electrons. The SMILES string of the molecule is Cc1cc(Br)cc(C(=O)NCCc2cccnc2)c1. The Bertz CT molecular complexity index is 549. The third kappa shape index (κ3) is 4.17. The predicted molar refractivity (Wildman–Crippen MR) is 79.2 cm³/mol. The van der Waals surface area contributed by atoms with Gasteiger partial charge in [0.25, 0.3) is 5.91 Å². The number of halogens is 1. The number of nitrogens with zero attached hydrogens (tertiary/aromatic N) is 1. The number of carbonyl (C=O) groups excluding carboxylic acids is 1. The lowest BCUT2D eigenvalue weighted by Crippen LogP contribution is -2.25. The number of pyridine rings is 1. The number of amides is 1. The summed E-state index contributed by atoms with van der Waals surface area (Å²) in [4.78, 5) is 16.0. The van der Waals surface area contributed by atoms with Gasteiger partial charge in [-0.3, -0.25) is 9.78 Å². The highest BCUT2D eigenvalue weighted by atomic mass is 79.9. The molecule has 0 unspecified atom stereocenters. The van der Waals surface area contributed by atoms with Crippen LogP contribution in [0.4, 0.5) is 0 Å². The molecule has 0 spiro atoms. The molecule has 0 saturated carbocycles. The van der Waals surface area contributed by atoms with Gasteiger partial charge in [-0.2, -0.15) is 0 Å². The molecule has 0 aliphatic carbocycles. The van der Waals surface area contributed by atoms with E-state index in [0.717, 1.165) is 22.0 Å². The van der Waals surface area contributed by atoms with Crippen molar-refractivity contribution in [3.05, 3.63) is 63.9 Å². The van der Waals surface area contributed by atoms with Crippen molar-refractivity contribution in [1.82, 2.24) is 10.3 Å². The van der Waals surface area contributed by atoms with E-state index in [4.69, 9.17) is 0 Å². The first-order valence-corrected chi connectivity index (χ1v) is 6.89. The second-order valence-corrected chi connectivity index (χ2v) is 5.30. The molecule has 0 aliphatic rings. The minimum absolute atomic E-state index is 0.0479. The third-order valence-corrected chi connectivity index (χ3v) is 3.18. The minimum Gasteiger partial charge on any atom is -0.352 e. The zero-order valence-electron chi connectivity index (χ0n) is 10.7. The summed E-state index contributed by atoms with van der Waals surface area (Å²) in [6.45, 7) is 2.58. The zero-order valence-corrected chi connectivity index (χ0v) is 12.3. The molecule has 2 rings (SSSR count). The van der Waals surface area contributed by atoms with E-state index in [9.17, 15) is 4.79 Å². The molecule has 4 heteroatoms. The first-order valence-electron chi connectivity index (χ1n) is 6.09. The Labute approximate surface area is 121 Å². The largest absolute Gasteiger partial charge is 0.352 e. The first-order chi connectivity index (χ1) is 9.15. The highest BCUT2D eigenvalue weighted by Gasteiger charge is 2.06. The number of nitrogens with one attached hydrogen (secondary N) is 1. The standard InChI is InChI=1S/C15H15BrN2O/c1-11-7-13(9-14(16)8-11)15(19)18-6-4-12-3-2-5-17-10-12/h2-3,5,7-10H,4,6H2,1H3,(H,18,19). The minimum atomic E-state index is -0.0479. The summed E-state index contributed by atoms with van der Waals surface area (Å²) >= 11 is 3.40. The molecule has 1 aromatic heterocycles. The van der Waals surface area contributed by atoms with Crippen molar-refractivity contribution >= 4 is 21.8 Å². The average molecular weight is 319 g/mol. The Morgan fingerprint density at radius 3 is 2.89 bits per heavy atom. The molecule has 98 valence electrons. The number of carbonyl (C=O) groups is 1. The van der Waals surface area contributed by atoms with Gasteiger partial charge in [0.05, 0.1) is 0 Å². The molecule has 1 N–H and O–H groups in total. The molecular weight excluding hydrogens is 304 g/mol. The summed E-state index contributed by atoms with van der Waals surface area (Å²) in [6, 6.07) is 9.58. The van der Waals surface area contributed by atoms with Crippen LogP contribution in [0.15, 0.2) is 47.2 Å². The van der Waals surface area contributed by atoms with Crippen LogP contribution in [-0.2, 0) is 6.42 Å². The zero-order chi connectivity index (χ0) is 13.7. The molecule has 0 fully saturated rings. The van der Waals surface area contributed by atoms with Gasteiger partial charge in [-0.25, -0.2) is 0 Å². The topological polar surface area (TPSA) is 42.0 Å². The van der Waals surface area contributed by atoms with Crippen LogP contribution in [0.2, 0.25) is 0 Å². The summed E-state index contributed by atoms with van der Waals surface area (Å²) in [5.74, 6) is -0.0479. The van der Waals surface area contributed by atoms with E-state index in [1.165, 1.54) is 0 Å². The van der Waals surface area contributed by atoms with E-state index in [1.54, 1.807) is 6.20 Å². The molecule has 0 bridgehead atoms. The molecule has 3 nitrogen and oxygen atoms in total. The second kappa shape index (κ2) is 6.48. The number of hydrogen-bond donors (Lipinski definition) is 1. The molecule has 1 heterocycles. The predicted octanol–water partition coefficient (Wildman–Crippen LogP) is 3.13. The van der Waals surface area contributed by atoms with Gasteiger partial charge >= 0.3 is 0 Å². The highest BCUT2D eigenvalue weighted by molar-refractivity contribution is 9.10. The van der Waals surface area contributed by atoms with Crippen molar-refractivity contribution < 1.29 is 4.79 Å². The number of aromatic nitrogens is 1. The number of aryl methyl sites for hydroxylation is 1. The van der Waals surface area contributed by atoms with Crippen LogP contribution in [0, 0.1) is 6.92 Å². The number of rotatable bonds is 4. The van der Waals surface area contributed by atoms with Gasteiger partial charge in [0, 0.05) is 29.0 Å². The van der Waals surface area contributed by atoms with E-state index in [-0.39, 0.29) is 5.91 Å². The van der Waals surface area contributed by atoms with Gasteiger partial charge in [-0.1, -0.05) is 22.0 Å². The fourth-order valence-electron chi connectivity index (χ4n) is 1.84. The fourth-order valence-corrected chi connectivity index (χ4v) is 2.44. The summed E-state index contributed by atoms with van der Waals surface area (Å²) in [5.41, 5.74) is 2.86. The first kappa shape index (κ1) is 13.7. The van der Waals surface area contributed by atoms with E-state index in [1.807, 2.05) is 43.5 Å². The molecule has 0 aliphatic heterocycles. The van der Waals surface area contributed by atoms with Gasteiger partial charge in [-0.05, 0) is 48.7 Å². The average Bonchev–Trinajstić information content (AvgIpc) is 2.38. The maximum Gasteiger partial charge on any atom is 0.251 e. The van der Waals surface area contributed by atoms with Crippen molar-refractivity contribution in [1.29, 1.82) is 0 Å². The molecular formula is C15H15BrN2O. The summed E-state index contributed by atoms with van der Waals surface area (Å²) in [6.07, 6.45) is 4.34. The maximum absolute atomic E-state index is 12.0. The van der Waals surface area contributed by atoms with Crippen molar-refractivity contribution in [2.45, 2.75) is 13.3 Å². The lowest BCUT2D eigenvalue weighted by Gasteiger charge is -2.06. The smallest absolute Gasteiger partial charge is 0.251 e. The summed E-state index contributed by atoms with van der Waals surface area (Å²) in [5, 5.41) is 2.91. The second-order valence-electron chi connectivity index (χ2n) is 4.38. The third-order valence-electron chi connectivity index (χ3n) is 2.73. The monoisotopic (exact) mass is 318 g/mol. The molecule has 1 amide bonds. The van der Waals surface area contributed by atoms with Crippen LogP contribution in [0.3, 0.4) is 0 Å². The number of hydrogen-bond acceptors (Lipinski definition) is 2. The van der Waals surface area contributed by atoms with Crippen LogP contribution < -0.4 is 5.32 Å². The van der Waals surface area contributed by atoms with Crippen LogP contribution in [0.25, 0.3) is 0 Å². The van der Waals surface area contributed by atoms with Crippen molar-refractivity contribution in [3.63, 3.8) is 0 Å². The fraction of sp³-hybridized carbons (Fsp3) is 0.200. The summed E-state index contributed by atoms with van der Waals surface area (Å²) < 4.78 is 0.921. The Morgan fingerprint density at radius 2 is 2.21 bits per heavy atom. The molecule has 1 aromatic carbocycles. The van der Waals surface area contributed by atoms with Crippen molar-refractivity contribution in [2.75, 3.05) is 6.54 Å². The van der Waals surface area contributed by atoms with E-state index in [2.05, 4.69) is 26.2 Å². The normalized spacial score (nSPS) is 10.2. The Kier molecular flexibility index (Phi) is 4.68. The van der Waals surface area contributed by atoms with Crippen LogP contribution >= 0.6 is 15.9 Å². The Balaban J connectivity index is 1.91. The van der Waals surface area contributed by atoms with Gasteiger partial charge in [0.15, 0.2) is 0 Å². The quantitative estimate of drug-likeness (QED) is 0.941. The molecule has 0 atom stereocenters. The lowest BCUT2D eigenvalue weighted by molar-refractivity contribution is 0.0954. The number of benzene rings is 1. The maximum atomic E-state index is 12.0. The van der Waals surface area contributed by atoms with E-state index < -0.39 is 0 Å². The molecule has 0 saturated heterocycles. The van der Waals surface area contributed by atoms with Crippen LogP contribution in [0.1, 0.15) is 21.5 Å². The van der Waals surface area contributed by atoms with E-state index >= 15 is 0 Å². The van der Waals surface area contributed by atoms with Crippen LogP contribution in [0.5, 0.6) is 0 Å². The van der Waals surface area contributed by atoms with Gasteiger partial charge in [0.2, 0.25) is 0 Å². The summed E-state index contributed by atoms with van der Waals surface area (Å²) in [7, 11) is 0. The van der Waals surface area contributed by atoms with Crippen molar-refractivity contribution in [3.8, 4) is 0 Å². The molecule has 2 aromatic rings. The van der Waals surface area contributed by atoms with Gasteiger partial charge < -0.3 is 5.32 Å². The van der Waals surface area contributed by atoms with Gasteiger partial charge in [0.1, 0.15) is 0 Å². The van der Waals surface area contributed by atoms with E-state index in [0.29, 0.717) is 12.1 Å². The van der Waals surface area contributed by atoms with Gasteiger partial charge in [-0.15, -0.1) is 0 Å².